The number of halogens is 4. The molecule has 3 atom stereocenters. The first-order valence-corrected chi connectivity index (χ1v) is 11.4. The van der Waals surface area contributed by atoms with Crippen molar-refractivity contribution in [1.82, 2.24) is 16.0 Å². The first-order valence-electron chi connectivity index (χ1n) is 11.4. The summed E-state index contributed by atoms with van der Waals surface area (Å²) < 4.78 is 59.2. The average Bonchev–Trinajstić information content (AvgIpc) is 2.86. The molecular weight excluding hydrogens is 466 g/mol. The van der Waals surface area contributed by atoms with Gasteiger partial charge in [-0.2, -0.15) is 13.2 Å². The Bertz CT molecular complexity index is 1080. The second kappa shape index (κ2) is 9.58. The van der Waals surface area contributed by atoms with Gasteiger partial charge in [0.15, 0.2) is 0 Å². The zero-order valence-electron chi connectivity index (χ0n) is 19.2. The maximum atomic E-state index is 13.3. The van der Waals surface area contributed by atoms with Gasteiger partial charge in [-0.05, 0) is 48.6 Å². The number of piperidine rings is 1. The van der Waals surface area contributed by atoms with Crippen LogP contribution < -0.4 is 16.0 Å². The highest BCUT2D eigenvalue weighted by Gasteiger charge is 2.50. The summed E-state index contributed by atoms with van der Waals surface area (Å²) in [7, 11) is 0. The van der Waals surface area contributed by atoms with Gasteiger partial charge < -0.3 is 20.7 Å². The molecule has 1 spiro atoms. The van der Waals surface area contributed by atoms with Gasteiger partial charge in [0.2, 0.25) is 11.8 Å². The van der Waals surface area contributed by atoms with Crippen LogP contribution in [0.5, 0.6) is 0 Å². The highest BCUT2D eigenvalue weighted by molar-refractivity contribution is 5.98. The molecule has 35 heavy (non-hydrogen) atoms. The Morgan fingerprint density at radius 3 is 2.46 bits per heavy atom. The molecule has 4 rings (SSSR count). The second-order valence-corrected chi connectivity index (χ2v) is 9.16. The molecule has 2 heterocycles. The summed E-state index contributed by atoms with van der Waals surface area (Å²) in [6.07, 6.45) is -4.58. The molecule has 3 N–H and O–H groups in total. The summed E-state index contributed by atoms with van der Waals surface area (Å²) in [6.45, 7) is 0.783. The van der Waals surface area contributed by atoms with Gasteiger partial charge in [0.05, 0.1) is 30.4 Å². The molecular formula is C25H27F4N3O3. The van der Waals surface area contributed by atoms with Crippen molar-refractivity contribution in [2.75, 3.05) is 19.7 Å². The van der Waals surface area contributed by atoms with Crippen LogP contribution in [-0.4, -0.2) is 37.0 Å². The number of rotatable bonds is 6. The maximum absolute atomic E-state index is 13.3. The van der Waals surface area contributed by atoms with Crippen LogP contribution in [0.15, 0.2) is 48.5 Å². The summed E-state index contributed by atoms with van der Waals surface area (Å²) in [4.78, 5) is 24.5. The summed E-state index contributed by atoms with van der Waals surface area (Å²) in [5, 5.41) is 8.80. The van der Waals surface area contributed by atoms with Crippen LogP contribution in [0.1, 0.15) is 48.1 Å². The van der Waals surface area contributed by atoms with Crippen molar-refractivity contribution < 1.29 is 31.9 Å². The van der Waals surface area contributed by atoms with Crippen LogP contribution in [0.25, 0.3) is 0 Å². The monoisotopic (exact) mass is 493 g/mol. The Labute approximate surface area is 200 Å². The van der Waals surface area contributed by atoms with Crippen LogP contribution in [0.4, 0.5) is 17.6 Å². The number of alkyl halides is 4. The van der Waals surface area contributed by atoms with Gasteiger partial charge in [-0.25, -0.2) is 4.39 Å². The molecule has 2 amide bonds. The smallest absolute Gasteiger partial charge is 0.372 e. The van der Waals surface area contributed by atoms with Crippen molar-refractivity contribution in [2.45, 2.75) is 49.8 Å². The third-order valence-corrected chi connectivity index (χ3v) is 6.80. The molecule has 188 valence electrons. The third-order valence-electron chi connectivity index (χ3n) is 6.80. The van der Waals surface area contributed by atoms with Crippen molar-refractivity contribution in [3.05, 3.63) is 70.8 Å². The van der Waals surface area contributed by atoms with Crippen LogP contribution in [0.2, 0.25) is 0 Å². The zero-order valence-corrected chi connectivity index (χ0v) is 19.2. The number of carbonyl (C=O) groups excluding carboxylic acids is 2. The van der Waals surface area contributed by atoms with E-state index >= 15 is 0 Å². The molecule has 2 fully saturated rings. The minimum Gasteiger partial charge on any atom is -0.372 e. The number of nitrogens with one attached hydrogen (secondary N) is 3. The standard InChI is InChI=1S/C25H27F4N3O3/c1-16(18-9-17(12-26)10-20(11-18)25(27,28)29)35-15-24(19-5-3-2-4-6-19)8-7-23(14-31-24)22(34)30-13-21(33)32-23/h2-6,9-11,16,31H,7-8,12-15H2,1H3,(H,30,34)(H,32,33)/t16?,23?,24-/m1/s1. The van der Waals surface area contributed by atoms with Crippen molar-refractivity contribution in [1.29, 1.82) is 0 Å². The van der Waals surface area contributed by atoms with Crippen LogP contribution in [0, 0.1) is 0 Å². The van der Waals surface area contributed by atoms with Crippen LogP contribution in [-0.2, 0) is 32.7 Å². The minimum atomic E-state index is -4.60. The SMILES string of the molecule is CC(OC[C@@]1(c2ccccc2)CCC2(CN1)NC(=O)CNC2=O)c1cc(CF)cc(C(F)(F)F)c1. The highest BCUT2D eigenvalue weighted by atomic mass is 19.4. The normalized spacial score (nSPS) is 25.7. The molecule has 2 aromatic carbocycles. The molecule has 0 bridgehead atoms. The van der Waals surface area contributed by atoms with E-state index in [1.165, 1.54) is 6.07 Å². The molecule has 2 saturated heterocycles. The molecule has 2 aromatic rings. The number of carbonyl (C=O) groups is 2. The van der Waals surface area contributed by atoms with Gasteiger partial charge in [0.1, 0.15) is 12.2 Å². The fourth-order valence-electron chi connectivity index (χ4n) is 4.69. The predicted molar refractivity (Wildman–Crippen MR) is 120 cm³/mol. The summed E-state index contributed by atoms with van der Waals surface area (Å²) in [5.74, 6) is -0.528. The molecule has 2 unspecified atom stereocenters. The topological polar surface area (TPSA) is 79.5 Å². The van der Waals surface area contributed by atoms with Crippen molar-refractivity contribution in [2.24, 2.45) is 0 Å². The van der Waals surface area contributed by atoms with Gasteiger partial charge in [0, 0.05) is 6.54 Å². The van der Waals surface area contributed by atoms with E-state index in [1.54, 1.807) is 6.92 Å². The number of amides is 2. The van der Waals surface area contributed by atoms with E-state index in [2.05, 4.69) is 16.0 Å². The molecule has 0 saturated carbocycles. The van der Waals surface area contributed by atoms with E-state index in [0.29, 0.717) is 12.8 Å². The Balaban J connectivity index is 1.56. The van der Waals surface area contributed by atoms with Crippen molar-refractivity contribution in [3.8, 4) is 0 Å². The van der Waals surface area contributed by atoms with E-state index < -0.39 is 35.6 Å². The summed E-state index contributed by atoms with van der Waals surface area (Å²) in [5.41, 5.74) is -1.70. The van der Waals surface area contributed by atoms with Gasteiger partial charge in [-0.15, -0.1) is 0 Å². The Hall–Kier alpha value is -2.98. The van der Waals surface area contributed by atoms with E-state index in [1.807, 2.05) is 30.3 Å². The molecule has 0 aliphatic carbocycles. The molecule has 6 nitrogen and oxygen atoms in total. The number of hydrogen-bond donors (Lipinski definition) is 3. The quantitative estimate of drug-likeness (QED) is 0.539. The Morgan fingerprint density at radius 1 is 1.09 bits per heavy atom. The van der Waals surface area contributed by atoms with Gasteiger partial charge in [-0.1, -0.05) is 36.4 Å². The molecule has 0 radical (unpaired) electrons. The van der Waals surface area contributed by atoms with Crippen molar-refractivity contribution >= 4 is 11.8 Å². The maximum Gasteiger partial charge on any atom is 0.416 e. The summed E-state index contributed by atoms with van der Waals surface area (Å²) in [6, 6.07) is 12.6. The number of piperazine rings is 1. The first kappa shape index (κ1) is 25.1. The number of ether oxygens (including phenoxy) is 1. The molecule has 10 heteroatoms. The van der Waals surface area contributed by atoms with E-state index in [9.17, 15) is 27.2 Å². The largest absolute Gasteiger partial charge is 0.416 e. The highest BCUT2D eigenvalue weighted by Crippen LogP contribution is 2.37. The van der Waals surface area contributed by atoms with E-state index in [4.69, 9.17) is 4.74 Å². The lowest BCUT2D eigenvalue weighted by molar-refractivity contribution is -0.140. The zero-order chi connectivity index (χ0) is 25.3. The first-order chi connectivity index (χ1) is 16.6. The number of benzene rings is 2. The lowest BCUT2D eigenvalue weighted by Gasteiger charge is -2.48. The predicted octanol–water partition coefficient (Wildman–Crippen LogP) is 3.52. The van der Waals surface area contributed by atoms with Gasteiger partial charge in [0.25, 0.3) is 0 Å². The van der Waals surface area contributed by atoms with Crippen LogP contribution >= 0.6 is 0 Å². The fraction of sp³-hybridized carbons (Fsp3) is 0.440. The van der Waals surface area contributed by atoms with Gasteiger partial charge >= 0.3 is 6.18 Å². The van der Waals surface area contributed by atoms with E-state index in [0.717, 1.165) is 17.7 Å². The summed E-state index contributed by atoms with van der Waals surface area (Å²) >= 11 is 0. The minimum absolute atomic E-state index is 0.0666. The van der Waals surface area contributed by atoms with Crippen LogP contribution in [0.3, 0.4) is 0 Å². The molecule has 0 aromatic heterocycles. The average molecular weight is 494 g/mol. The lowest BCUT2D eigenvalue weighted by Crippen LogP contribution is -2.73. The molecule has 2 aliphatic heterocycles. The lowest BCUT2D eigenvalue weighted by atomic mass is 9.75. The third kappa shape index (κ3) is 5.18. The fourth-order valence-corrected chi connectivity index (χ4v) is 4.69. The van der Waals surface area contributed by atoms with E-state index in [-0.39, 0.29) is 42.6 Å². The number of hydrogen-bond acceptors (Lipinski definition) is 4. The van der Waals surface area contributed by atoms with Gasteiger partial charge in [-0.3, -0.25) is 9.59 Å². The Kier molecular flexibility index (Phi) is 6.88. The molecule has 2 aliphatic rings. The van der Waals surface area contributed by atoms with Crippen molar-refractivity contribution in [3.63, 3.8) is 0 Å². The second-order valence-electron chi connectivity index (χ2n) is 9.16. The Morgan fingerprint density at radius 2 is 1.83 bits per heavy atom.